The van der Waals surface area contributed by atoms with Gasteiger partial charge in [-0.15, -0.1) is 11.3 Å². The van der Waals surface area contributed by atoms with Crippen molar-refractivity contribution in [2.24, 2.45) is 0 Å². The van der Waals surface area contributed by atoms with Crippen LogP contribution < -0.4 is 9.47 Å². The normalized spacial score (nSPS) is 10.6. The van der Waals surface area contributed by atoms with E-state index in [1.165, 1.54) is 11.3 Å². The average molecular weight is 393 g/mol. The molecule has 118 valence electrons. The third kappa shape index (κ3) is 2.89. The summed E-state index contributed by atoms with van der Waals surface area (Å²) in [5.74, 6) is 1.39. The van der Waals surface area contributed by atoms with E-state index in [0.29, 0.717) is 17.2 Å². The van der Waals surface area contributed by atoms with E-state index in [0.717, 1.165) is 27.1 Å². The standard InChI is InChI=1S/C16H13BrN2O3S/c1-21-14-7-12(17)15(22-2)6-11(14)13-9-23-16(18-13)19-5-3-4-10(19)8-20/h3-9H,1-2H3. The molecule has 2 aromatic heterocycles. The van der Waals surface area contributed by atoms with Crippen molar-refractivity contribution in [3.05, 3.63) is 46.0 Å². The van der Waals surface area contributed by atoms with Gasteiger partial charge in [-0.05, 0) is 40.2 Å². The fourth-order valence-corrected chi connectivity index (χ4v) is 3.54. The first kappa shape index (κ1) is 15.8. The molecule has 0 aliphatic carbocycles. The highest BCUT2D eigenvalue weighted by Gasteiger charge is 2.15. The molecule has 0 atom stereocenters. The molecule has 3 rings (SSSR count). The Balaban J connectivity index is 2.08. The summed E-state index contributed by atoms with van der Waals surface area (Å²) in [6, 6.07) is 7.28. The summed E-state index contributed by atoms with van der Waals surface area (Å²) >= 11 is 4.90. The molecule has 0 bridgehead atoms. The summed E-state index contributed by atoms with van der Waals surface area (Å²) in [6.45, 7) is 0. The second-order valence-electron chi connectivity index (χ2n) is 4.62. The fraction of sp³-hybridized carbons (Fsp3) is 0.125. The van der Waals surface area contributed by atoms with Crippen molar-refractivity contribution < 1.29 is 14.3 Å². The van der Waals surface area contributed by atoms with Gasteiger partial charge in [0.2, 0.25) is 0 Å². The minimum atomic E-state index is 0.561. The molecular formula is C16H13BrN2O3S. The molecule has 0 aliphatic heterocycles. The number of aldehydes is 1. The van der Waals surface area contributed by atoms with Gasteiger partial charge in [0.1, 0.15) is 11.5 Å². The van der Waals surface area contributed by atoms with Crippen LogP contribution in [0.5, 0.6) is 11.5 Å². The molecule has 0 amide bonds. The molecule has 5 nitrogen and oxygen atoms in total. The van der Waals surface area contributed by atoms with E-state index >= 15 is 0 Å². The quantitative estimate of drug-likeness (QED) is 0.610. The third-order valence-electron chi connectivity index (χ3n) is 3.35. The largest absolute Gasteiger partial charge is 0.496 e. The number of hydrogen-bond donors (Lipinski definition) is 0. The van der Waals surface area contributed by atoms with Gasteiger partial charge in [-0.3, -0.25) is 9.36 Å². The number of nitrogens with zero attached hydrogens (tertiary/aromatic N) is 2. The van der Waals surface area contributed by atoms with Gasteiger partial charge in [0.15, 0.2) is 11.4 Å². The Labute approximate surface area is 145 Å². The van der Waals surface area contributed by atoms with E-state index < -0.39 is 0 Å². The summed E-state index contributed by atoms with van der Waals surface area (Å²) in [5.41, 5.74) is 2.15. The van der Waals surface area contributed by atoms with Crippen LogP contribution in [0.1, 0.15) is 10.5 Å². The number of carbonyl (C=O) groups is 1. The number of rotatable bonds is 5. The average Bonchev–Trinajstić information content (AvgIpc) is 3.22. The predicted octanol–water partition coefficient (Wildman–Crippen LogP) is 4.19. The van der Waals surface area contributed by atoms with Crippen molar-refractivity contribution in [1.82, 2.24) is 9.55 Å². The molecule has 7 heteroatoms. The van der Waals surface area contributed by atoms with Crippen LogP contribution in [0.3, 0.4) is 0 Å². The van der Waals surface area contributed by atoms with Gasteiger partial charge in [0, 0.05) is 17.1 Å². The van der Waals surface area contributed by atoms with Crippen molar-refractivity contribution in [3.63, 3.8) is 0 Å². The monoisotopic (exact) mass is 392 g/mol. The lowest BCUT2D eigenvalue weighted by molar-refractivity contribution is 0.111. The van der Waals surface area contributed by atoms with Crippen molar-refractivity contribution in [3.8, 4) is 27.9 Å². The molecule has 0 aliphatic rings. The minimum absolute atomic E-state index is 0.561. The lowest BCUT2D eigenvalue weighted by Gasteiger charge is -2.10. The SMILES string of the molecule is COc1cc(-c2csc(-n3cccc3C=O)n2)c(OC)cc1Br. The second kappa shape index (κ2) is 6.55. The first-order valence-corrected chi connectivity index (χ1v) is 8.35. The second-order valence-corrected chi connectivity index (χ2v) is 6.31. The summed E-state index contributed by atoms with van der Waals surface area (Å²) in [5, 5.41) is 2.64. The Morgan fingerprint density at radius 2 is 2.04 bits per heavy atom. The molecule has 3 aromatic rings. The van der Waals surface area contributed by atoms with Gasteiger partial charge in [0.25, 0.3) is 0 Å². The van der Waals surface area contributed by atoms with Crippen molar-refractivity contribution in [1.29, 1.82) is 0 Å². The van der Waals surface area contributed by atoms with Gasteiger partial charge >= 0.3 is 0 Å². The number of benzene rings is 1. The Bertz CT molecular complexity index is 857. The van der Waals surface area contributed by atoms with Gasteiger partial charge < -0.3 is 9.47 Å². The van der Waals surface area contributed by atoms with E-state index in [2.05, 4.69) is 20.9 Å². The molecule has 0 saturated heterocycles. The molecule has 0 unspecified atom stereocenters. The van der Waals surface area contributed by atoms with Crippen LogP contribution in [0.4, 0.5) is 0 Å². The molecule has 2 heterocycles. The Kier molecular flexibility index (Phi) is 4.49. The van der Waals surface area contributed by atoms with E-state index in [-0.39, 0.29) is 0 Å². The maximum Gasteiger partial charge on any atom is 0.194 e. The highest BCUT2D eigenvalue weighted by atomic mass is 79.9. The number of aromatic nitrogens is 2. The highest BCUT2D eigenvalue weighted by molar-refractivity contribution is 9.10. The molecule has 23 heavy (non-hydrogen) atoms. The Morgan fingerprint density at radius 1 is 1.26 bits per heavy atom. The smallest absolute Gasteiger partial charge is 0.194 e. The Hall–Kier alpha value is -2.12. The van der Waals surface area contributed by atoms with Crippen LogP contribution in [0, 0.1) is 0 Å². The molecule has 0 fully saturated rings. The van der Waals surface area contributed by atoms with Gasteiger partial charge in [-0.2, -0.15) is 0 Å². The zero-order chi connectivity index (χ0) is 16.4. The van der Waals surface area contributed by atoms with Gasteiger partial charge in [0.05, 0.1) is 30.1 Å². The molecule has 1 aromatic carbocycles. The van der Waals surface area contributed by atoms with Crippen LogP contribution in [-0.2, 0) is 0 Å². The predicted molar refractivity (Wildman–Crippen MR) is 93.1 cm³/mol. The first-order chi connectivity index (χ1) is 11.2. The van der Waals surface area contributed by atoms with Crippen LogP contribution in [0.25, 0.3) is 16.4 Å². The minimum Gasteiger partial charge on any atom is -0.496 e. The zero-order valence-corrected chi connectivity index (χ0v) is 14.8. The lowest BCUT2D eigenvalue weighted by Crippen LogP contribution is -1.97. The van der Waals surface area contributed by atoms with Crippen molar-refractivity contribution in [2.75, 3.05) is 14.2 Å². The number of hydrogen-bond acceptors (Lipinski definition) is 5. The van der Waals surface area contributed by atoms with Crippen molar-refractivity contribution in [2.45, 2.75) is 0 Å². The molecule has 0 radical (unpaired) electrons. The van der Waals surface area contributed by atoms with E-state index in [1.807, 2.05) is 29.8 Å². The van der Waals surface area contributed by atoms with E-state index in [1.54, 1.807) is 24.9 Å². The summed E-state index contributed by atoms with van der Waals surface area (Å²) in [6.07, 6.45) is 2.62. The van der Waals surface area contributed by atoms with E-state index in [4.69, 9.17) is 9.47 Å². The molecule has 0 saturated carbocycles. The maximum absolute atomic E-state index is 11.1. The molecular weight excluding hydrogens is 380 g/mol. The van der Waals surface area contributed by atoms with Crippen LogP contribution in [0.2, 0.25) is 0 Å². The summed E-state index contributed by atoms with van der Waals surface area (Å²) in [4.78, 5) is 15.7. The van der Waals surface area contributed by atoms with E-state index in [9.17, 15) is 4.79 Å². The first-order valence-electron chi connectivity index (χ1n) is 6.68. The van der Waals surface area contributed by atoms with Gasteiger partial charge in [-0.25, -0.2) is 4.98 Å². The number of ether oxygens (including phenoxy) is 2. The van der Waals surface area contributed by atoms with Crippen LogP contribution in [-0.4, -0.2) is 30.1 Å². The number of thiazole rings is 1. The highest BCUT2D eigenvalue weighted by Crippen LogP contribution is 2.39. The maximum atomic E-state index is 11.1. The topological polar surface area (TPSA) is 53.4 Å². The van der Waals surface area contributed by atoms with Crippen molar-refractivity contribution >= 4 is 33.6 Å². The summed E-state index contributed by atoms with van der Waals surface area (Å²) < 4.78 is 13.3. The zero-order valence-electron chi connectivity index (χ0n) is 12.4. The fourth-order valence-electron chi connectivity index (χ4n) is 2.22. The van der Waals surface area contributed by atoms with Crippen LogP contribution >= 0.6 is 27.3 Å². The third-order valence-corrected chi connectivity index (χ3v) is 4.81. The number of halogens is 1. The lowest BCUT2D eigenvalue weighted by atomic mass is 10.1. The summed E-state index contributed by atoms with van der Waals surface area (Å²) in [7, 11) is 3.22. The molecule has 0 N–H and O–H groups in total. The number of carbonyl (C=O) groups excluding carboxylic acids is 1. The van der Waals surface area contributed by atoms with Gasteiger partial charge in [-0.1, -0.05) is 0 Å². The number of methoxy groups -OCH3 is 2. The molecule has 0 spiro atoms. The Morgan fingerprint density at radius 3 is 2.74 bits per heavy atom. The van der Waals surface area contributed by atoms with Crippen LogP contribution in [0.15, 0.2) is 40.3 Å².